The zero-order chi connectivity index (χ0) is 38.5. The average molecular weight is 756 g/mol. The first-order chi connectivity index (χ1) is 26.5. The molecule has 4 heterocycles. The number of aromatic amines is 1. The molecule has 3 fully saturated rings. The summed E-state index contributed by atoms with van der Waals surface area (Å²) < 4.78 is 54.8. The summed E-state index contributed by atoms with van der Waals surface area (Å²) in [6, 6.07) is 26.1. The summed E-state index contributed by atoms with van der Waals surface area (Å²) in [5.74, 6) is 0.686. The number of carbonyl (C=O) groups excluding carboxylic acids is 1. The van der Waals surface area contributed by atoms with Gasteiger partial charge in [0.2, 0.25) is 5.56 Å². The first-order valence-corrected chi connectivity index (χ1v) is 18.7. The van der Waals surface area contributed by atoms with Crippen molar-refractivity contribution >= 4 is 17.0 Å². The Balaban J connectivity index is 0.983. The van der Waals surface area contributed by atoms with E-state index in [0.29, 0.717) is 41.0 Å². The molecule has 0 aliphatic carbocycles. The van der Waals surface area contributed by atoms with Gasteiger partial charge in [0.05, 0.1) is 23.2 Å². The molecule has 0 saturated carbocycles. The minimum atomic E-state index is -4.58. The second-order valence-corrected chi connectivity index (χ2v) is 14.5. The van der Waals surface area contributed by atoms with Crippen LogP contribution in [-0.2, 0) is 23.9 Å². The Hall–Kier alpha value is -5.33. The second-order valence-electron chi connectivity index (χ2n) is 14.5. The molecule has 2 bridgehead atoms. The number of rotatable bonds is 13. The van der Waals surface area contributed by atoms with Crippen molar-refractivity contribution in [2.24, 2.45) is 5.92 Å². The number of benzene rings is 4. The maximum absolute atomic E-state index is 14.3. The number of halogens is 3. The van der Waals surface area contributed by atoms with E-state index in [2.05, 4.69) is 15.2 Å². The van der Waals surface area contributed by atoms with Crippen LogP contribution >= 0.6 is 0 Å². The van der Waals surface area contributed by atoms with Crippen LogP contribution in [0, 0.1) is 5.92 Å². The predicted molar refractivity (Wildman–Crippen MR) is 202 cm³/mol. The highest BCUT2D eigenvalue weighted by molar-refractivity contribution is 5.87. The lowest BCUT2D eigenvalue weighted by atomic mass is 9.86. The molecule has 0 spiro atoms. The number of aliphatic hydroxyl groups is 1. The molecule has 1 aromatic heterocycles. The molecule has 12 heteroatoms. The number of fused-ring (bicyclic) bond motifs is 4. The summed E-state index contributed by atoms with van der Waals surface area (Å²) in [5, 5.41) is 24.5. The average Bonchev–Trinajstić information content (AvgIpc) is 3.19. The van der Waals surface area contributed by atoms with Crippen molar-refractivity contribution < 1.29 is 37.7 Å². The van der Waals surface area contributed by atoms with Gasteiger partial charge in [0.1, 0.15) is 24.2 Å². The van der Waals surface area contributed by atoms with Gasteiger partial charge in [-0.15, -0.1) is 0 Å². The summed E-state index contributed by atoms with van der Waals surface area (Å²) in [6.07, 6.45) is -2.84. The number of hydrogen-bond acceptors (Lipinski definition) is 7. The first-order valence-electron chi connectivity index (χ1n) is 18.7. The van der Waals surface area contributed by atoms with Gasteiger partial charge in [-0.1, -0.05) is 67.1 Å². The van der Waals surface area contributed by atoms with Crippen LogP contribution in [0.1, 0.15) is 77.6 Å². The molecule has 4 aromatic carbocycles. The van der Waals surface area contributed by atoms with Crippen molar-refractivity contribution in [1.29, 1.82) is 0 Å². The van der Waals surface area contributed by atoms with Crippen LogP contribution in [0.25, 0.3) is 10.9 Å². The summed E-state index contributed by atoms with van der Waals surface area (Å²) >= 11 is 0. The number of unbranched alkanes of at least 4 members (excludes halogenated alkanes) is 1. The van der Waals surface area contributed by atoms with Crippen LogP contribution in [0.15, 0.2) is 102 Å². The Morgan fingerprint density at radius 2 is 1.71 bits per heavy atom. The number of aromatic nitrogens is 1. The Labute approximate surface area is 316 Å². The molecule has 288 valence electrons. The number of carbonyl (C=O) groups is 1. The number of aliphatic hydroxyl groups excluding tert-OH is 1. The van der Waals surface area contributed by atoms with Gasteiger partial charge in [0.15, 0.2) is 0 Å². The molecular weight excluding hydrogens is 711 g/mol. The Kier molecular flexibility index (Phi) is 11.4. The van der Waals surface area contributed by atoms with E-state index in [-0.39, 0.29) is 47.9 Å². The SMILES string of the molecule is O=C(N[C@@H](c1ccccc1)c1cccc(OCc2ccc(CCCC[C@H](O)c3ccc(O)c4[nH]c(=O)ccc34)c(C(F)(F)F)c2)c1)O[C@H]1CN2CCC1CC2. The number of nitrogens with one attached hydrogen (secondary N) is 2. The van der Waals surface area contributed by atoms with E-state index in [9.17, 15) is 33.0 Å². The number of ether oxygens (including phenoxy) is 2. The molecule has 55 heavy (non-hydrogen) atoms. The number of hydrogen-bond donors (Lipinski definition) is 4. The van der Waals surface area contributed by atoms with E-state index in [1.807, 2.05) is 36.4 Å². The fraction of sp³-hybridized carbons (Fsp3) is 0.349. The molecule has 3 aliphatic rings. The van der Waals surface area contributed by atoms with Gasteiger partial charge in [-0.25, -0.2) is 4.79 Å². The van der Waals surface area contributed by atoms with Gasteiger partial charge in [0, 0.05) is 18.0 Å². The Morgan fingerprint density at radius 3 is 2.45 bits per heavy atom. The van der Waals surface area contributed by atoms with Crippen LogP contribution in [0.4, 0.5) is 18.0 Å². The maximum atomic E-state index is 14.3. The van der Waals surface area contributed by atoms with Crippen molar-refractivity contribution in [3.63, 3.8) is 0 Å². The lowest BCUT2D eigenvalue weighted by Crippen LogP contribution is -2.52. The van der Waals surface area contributed by atoms with Gasteiger partial charge in [0.25, 0.3) is 0 Å². The zero-order valence-electron chi connectivity index (χ0n) is 30.2. The summed E-state index contributed by atoms with van der Waals surface area (Å²) in [7, 11) is 0. The normalized spacial score (nSPS) is 19.2. The van der Waals surface area contributed by atoms with Crippen molar-refractivity contribution in [2.75, 3.05) is 19.6 Å². The molecule has 3 aliphatic heterocycles. The summed E-state index contributed by atoms with van der Waals surface area (Å²) in [4.78, 5) is 29.8. The van der Waals surface area contributed by atoms with Gasteiger partial charge < -0.3 is 30.0 Å². The van der Waals surface area contributed by atoms with Crippen LogP contribution in [0.5, 0.6) is 11.5 Å². The first kappa shape index (κ1) is 38.0. The van der Waals surface area contributed by atoms with E-state index in [1.54, 1.807) is 30.3 Å². The number of H-pyrrole nitrogens is 1. The second kappa shape index (κ2) is 16.6. The molecule has 8 rings (SSSR count). The fourth-order valence-corrected chi connectivity index (χ4v) is 7.84. The van der Waals surface area contributed by atoms with Gasteiger partial charge in [-0.3, -0.25) is 9.69 Å². The topological polar surface area (TPSA) is 124 Å². The number of amides is 1. The number of pyridine rings is 1. The highest BCUT2D eigenvalue weighted by Gasteiger charge is 2.37. The lowest BCUT2D eigenvalue weighted by Gasteiger charge is -2.43. The molecule has 5 aromatic rings. The molecule has 3 saturated heterocycles. The third kappa shape index (κ3) is 9.14. The van der Waals surface area contributed by atoms with Crippen molar-refractivity contribution in [2.45, 2.75) is 69.6 Å². The number of phenols is 1. The number of alkyl halides is 3. The van der Waals surface area contributed by atoms with E-state index in [0.717, 1.165) is 49.7 Å². The third-order valence-corrected chi connectivity index (χ3v) is 10.8. The van der Waals surface area contributed by atoms with Crippen LogP contribution in [0.2, 0.25) is 0 Å². The monoisotopic (exact) mass is 755 g/mol. The number of piperidine rings is 3. The van der Waals surface area contributed by atoms with Crippen LogP contribution in [-0.4, -0.2) is 51.9 Å². The van der Waals surface area contributed by atoms with E-state index >= 15 is 0 Å². The molecule has 3 atom stereocenters. The van der Waals surface area contributed by atoms with Crippen LogP contribution in [0.3, 0.4) is 0 Å². The van der Waals surface area contributed by atoms with E-state index in [4.69, 9.17) is 9.47 Å². The standard InChI is InChI=1S/C43H44F3N3O6/c44-43(45,46)35-23-27(13-14-28(35)7-4-5-12-36(50)33-15-17-37(51)41-34(33)16-18-39(52)47-41)26-54-32-11-6-10-31(24-32)40(30-8-2-1-3-9-30)48-42(53)55-38-25-49-21-19-29(38)20-22-49/h1-3,6,8-11,13-18,23-24,29,36,38,40,50-51H,4-5,7,12,19-22,25-26H2,(H,47,52)(H,48,53)/t36-,38-,40-/m0/s1. The Morgan fingerprint density at radius 1 is 0.927 bits per heavy atom. The van der Waals surface area contributed by atoms with Gasteiger partial charge >= 0.3 is 12.3 Å². The smallest absolute Gasteiger partial charge is 0.416 e. The number of nitrogens with zero attached hydrogens (tertiary/aromatic N) is 1. The highest BCUT2D eigenvalue weighted by atomic mass is 19.4. The van der Waals surface area contributed by atoms with Crippen LogP contribution < -0.4 is 15.6 Å². The van der Waals surface area contributed by atoms with Gasteiger partial charge in [-0.2, -0.15) is 13.2 Å². The maximum Gasteiger partial charge on any atom is 0.416 e. The summed E-state index contributed by atoms with van der Waals surface area (Å²) in [6.45, 7) is 2.71. The van der Waals surface area contributed by atoms with E-state index in [1.165, 1.54) is 24.3 Å². The largest absolute Gasteiger partial charge is 0.506 e. The fourth-order valence-electron chi connectivity index (χ4n) is 7.84. The minimum Gasteiger partial charge on any atom is -0.506 e. The molecule has 9 nitrogen and oxygen atoms in total. The quantitative estimate of drug-likeness (QED) is 0.0894. The molecule has 0 radical (unpaired) electrons. The number of alkyl carbamates (subject to hydrolysis) is 1. The predicted octanol–water partition coefficient (Wildman–Crippen LogP) is 8.19. The molecule has 0 unspecified atom stereocenters. The lowest BCUT2D eigenvalue weighted by molar-refractivity contribution is -0.138. The van der Waals surface area contributed by atoms with Crippen molar-refractivity contribution in [3.05, 3.63) is 141 Å². The minimum absolute atomic E-state index is 0.101. The van der Waals surface area contributed by atoms with Crippen molar-refractivity contribution in [1.82, 2.24) is 15.2 Å². The third-order valence-electron chi connectivity index (χ3n) is 10.8. The molecule has 4 N–H and O–H groups in total. The Bertz CT molecular complexity index is 2170. The van der Waals surface area contributed by atoms with E-state index < -0.39 is 30.0 Å². The number of aryl methyl sites for hydroxylation is 1. The zero-order valence-corrected chi connectivity index (χ0v) is 30.2. The molecule has 1 amide bonds. The van der Waals surface area contributed by atoms with Crippen molar-refractivity contribution in [3.8, 4) is 11.5 Å². The highest BCUT2D eigenvalue weighted by Crippen LogP contribution is 2.36. The summed E-state index contributed by atoms with van der Waals surface area (Å²) in [5.41, 5.74) is 1.71. The number of phenolic OH excluding ortho intramolecular Hbond substituents is 1. The van der Waals surface area contributed by atoms with Gasteiger partial charge in [-0.05, 0) is 109 Å². The number of aromatic hydroxyl groups is 1. The molecular formula is C43H44F3N3O6.